The summed E-state index contributed by atoms with van der Waals surface area (Å²) in [4.78, 5) is 14.7. The van der Waals surface area contributed by atoms with Crippen LogP contribution in [0.1, 0.15) is 13.8 Å². The molecule has 1 rings (SSSR count). The fourth-order valence-electron chi connectivity index (χ4n) is 1.64. The average Bonchev–Trinajstić information content (AvgIpc) is 2.34. The molecule has 0 aliphatic carbocycles. The van der Waals surface area contributed by atoms with Crippen LogP contribution in [-0.4, -0.2) is 29.1 Å². The Morgan fingerprint density at radius 2 is 1.74 bits per heavy atom. The van der Waals surface area contributed by atoms with Gasteiger partial charge in [0.2, 0.25) is 0 Å². The fraction of sp³-hybridized carbons (Fsp3) is 0.333. The summed E-state index contributed by atoms with van der Waals surface area (Å²) < 4.78 is 0. The van der Waals surface area contributed by atoms with Crippen molar-refractivity contribution < 1.29 is 4.79 Å². The first kappa shape index (κ1) is 16.0. The van der Waals surface area contributed by atoms with Gasteiger partial charge < -0.3 is 10.6 Å². The molecular formula is C12H15Cl2N3OS. The predicted octanol–water partition coefficient (Wildman–Crippen LogP) is 3.51. The summed E-state index contributed by atoms with van der Waals surface area (Å²) in [5.74, 6) is 0. The minimum absolute atomic E-state index is 0.285. The normalized spacial score (nSPS) is 10.1. The molecule has 0 bridgehead atoms. The van der Waals surface area contributed by atoms with Crippen molar-refractivity contribution in [3.63, 3.8) is 0 Å². The van der Waals surface area contributed by atoms with Crippen molar-refractivity contribution in [2.45, 2.75) is 13.8 Å². The van der Waals surface area contributed by atoms with E-state index in [0.717, 1.165) is 4.90 Å². The van der Waals surface area contributed by atoms with Gasteiger partial charge in [-0.15, -0.1) is 0 Å². The van der Waals surface area contributed by atoms with E-state index in [1.807, 2.05) is 18.7 Å². The fourth-order valence-corrected chi connectivity index (χ4v) is 2.64. The van der Waals surface area contributed by atoms with Gasteiger partial charge in [-0.25, -0.2) is 9.69 Å². The molecule has 104 valence electrons. The number of nitrogens with two attached hydrogens (primary N) is 1. The number of thiocarbonyl (C=S) groups is 1. The molecule has 0 aromatic heterocycles. The molecule has 0 atom stereocenters. The van der Waals surface area contributed by atoms with Crippen LogP contribution in [0, 0.1) is 0 Å². The van der Waals surface area contributed by atoms with Gasteiger partial charge in [0.1, 0.15) is 0 Å². The molecule has 2 N–H and O–H groups in total. The van der Waals surface area contributed by atoms with Crippen LogP contribution in [0.5, 0.6) is 0 Å². The Morgan fingerprint density at radius 1 is 1.26 bits per heavy atom. The van der Waals surface area contributed by atoms with E-state index in [-0.39, 0.29) is 5.11 Å². The second kappa shape index (κ2) is 6.93. The van der Waals surface area contributed by atoms with Gasteiger partial charge in [-0.3, -0.25) is 0 Å². The zero-order valence-electron chi connectivity index (χ0n) is 10.7. The first-order valence-electron chi connectivity index (χ1n) is 5.76. The largest absolute Gasteiger partial charge is 0.351 e. The van der Waals surface area contributed by atoms with Gasteiger partial charge in [0.25, 0.3) is 0 Å². The Morgan fingerprint density at radius 3 is 2.11 bits per heavy atom. The molecule has 0 aliphatic heterocycles. The number of hydrogen-bond acceptors (Lipinski definition) is 2. The van der Waals surface area contributed by atoms with E-state index in [1.165, 1.54) is 0 Å². The van der Waals surface area contributed by atoms with Crippen molar-refractivity contribution in [2.75, 3.05) is 18.0 Å². The average molecular weight is 320 g/mol. The number of amides is 2. The molecule has 1 aromatic rings. The van der Waals surface area contributed by atoms with Gasteiger partial charge in [-0.05, 0) is 38.2 Å². The summed E-state index contributed by atoms with van der Waals surface area (Å²) in [5, 5.41) is 0.925. The van der Waals surface area contributed by atoms with E-state index in [2.05, 4.69) is 0 Å². The standard InChI is InChI=1S/C12H15Cl2N3OS/c1-3-16(4-2)12(19)17(11(15)18)10-8(13)6-5-7-9(10)14/h5-7H,3-4H2,1-2H3,(H2,15,18). The quantitative estimate of drug-likeness (QED) is 0.867. The lowest BCUT2D eigenvalue weighted by molar-refractivity contribution is 0.256. The van der Waals surface area contributed by atoms with Crippen molar-refractivity contribution >= 4 is 52.3 Å². The van der Waals surface area contributed by atoms with Crippen LogP contribution in [-0.2, 0) is 0 Å². The molecule has 0 saturated heterocycles. The maximum absolute atomic E-state index is 11.7. The van der Waals surface area contributed by atoms with Crippen LogP contribution in [0.2, 0.25) is 10.0 Å². The summed E-state index contributed by atoms with van der Waals surface area (Å²) >= 11 is 17.5. The highest BCUT2D eigenvalue weighted by molar-refractivity contribution is 7.80. The number of nitrogens with zero attached hydrogens (tertiary/aromatic N) is 2. The number of benzene rings is 1. The highest BCUT2D eigenvalue weighted by Crippen LogP contribution is 2.34. The molecule has 0 radical (unpaired) electrons. The molecule has 4 nitrogen and oxygen atoms in total. The topological polar surface area (TPSA) is 49.6 Å². The summed E-state index contributed by atoms with van der Waals surface area (Å²) in [5.41, 5.74) is 5.73. The van der Waals surface area contributed by atoms with Gasteiger partial charge in [-0.1, -0.05) is 29.3 Å². The van der Waals surface area contributed by atoms with E-state index >= 15 is 0 Å². The van der Waals surface area contributed by atoms with Crippen LogP contribution in [0.15, 0.2) is 18.2 Å². The van der Waals surface area contributed by atoms with Gasteiger partial charge in [0.15, 0.2) is 5.11 Å². The Labute approximate surface area is 128 Å². The van der Waals surface area contributed by atoms with Crippen molar-refractivity contribution in [3.8, 4) is 0 Å². The molecule has 0 heterocycles. The first-order chi connectivity index (χ1) is 8.93. The van der Waals surface area contributed by atoms with Crippen molar-refractivity contribution in [3.05, 3.63) is 28.2 Å². The Hall–Kier alpha value is -1.04. The lowest BCUT2D eigenvalue weighted by Crippen LogP contribution is -2.48. The number of anilines is 1. The number of halogens is 2. The molecular weight excluding hydrogens is 305 g/mol. The number of carbonyl (C=O) groups excluding carboxylic acids is 1. The third-order valence-corrected chi connectivity index (χ3v) is 3.66. The molecule has 2 amide bonds. The van der Waals surface area contributed by atoms with Gasteiger partial charge in [-0.2, -0.15) is 0 Å². The molecule has 0 spiro atoms. The maximum atomic E-state index is 11.7. The SMILES string of the molecule is CCN(CC)C(=S)N(C(N)=O)c1c(Cl)cccc1Cl. The number of para-hydroxylation sites is 1. The van der Waals surface area contributed by atoms with E-state index in [4.69, 9.17) is 41.2 Å². The van der Waals surface area contributed by atoms with E-state index in [1.54, 1.807) is 18.2 Å². The zero-order chi connectivity index (χ0) is 14.6. The molecule has 7 heteroatoms. The number of rotatable bonds is 3. The second-order valence-corrected chi connectivity index (χ2v) is 4.88. The summed E-state index contributed by atoms with van der Waals surface area (Å²) in [6.45, 7) is 5.18. The van der Waals surface area contributed by atoms with Crippen LogP contribution >= 0.6 is 35.4 Å². The van der Waals surface area contributed by atoms with E-state index in [0.29, 0.717) is 28.8 Å². The van der Waals surface area contributed by atoms with Crippen LogP contribution < -0.4 is 10.6 Å². The summed E-state index contributed by atoms with van der Waals surface area (Å²) in [7, 11) is 0. The molecule has 1 aromatic carbocycles. The number of urea groups is 1. The van der Waals surface area contributed by atoms with Crippen molar-refractivity contribution in [1.82, 2.24) is 4.90 Å². The summed E-state index contributed by atoms with van der Waals surface area (Å²) in [6.07, 6.45) is 0. The highest BCUT2D eigenvalue weighted by atomic mass is 35.5. The molecule has 0 fully saturated rings. The monoisotopic (exact) mass is 319 g/mol. The van der Waals surface area contributed by atoms with E-state index < -0.39 is 6.03 Å². The van der Waals surface area contributed by atoms with E-state index in [9.17, 15) is 4.79 Å². The maximum Gasteiger partial charge on any atom is 0.325 e. The smallest absolute Gasteiger partial charge is 0.325 e. The number of carbonyl (C=O) groups is 1. The Bertz CT molecular complexity index is 472. The number of primary amides is 1. The molecule has 0 aliphatic rings. The first-order valence-corrected chi connectivity index (χ1v) is 6.92. The van der Waals surface area contributed by atoms with Crippen LogP contribution in [0.25, 0.3) is 0 Å². The van der Waals surface area contributed by atoms with Crippen molar-refractivity contribution in [1.29, 1.82) is 0 Å². The van der Waals surface area contributed by atoms with Crippen LogP contribution in [0.4, 0.5) is 10.5 Å². The number of hydrogen-bond donors (Lipinski definition) is 1. The third-order valence-electron chi connectivity index (χ3n) is 2.61. The van der Waals surface area contributed by atoms with Gasteiger partial charge in [0, 0.05) is 13.1 Å². The minimum Gasteiger partial charge on any atom is -0.351 e. The van der Waals surface area contributed by atoms with Gasteiger partial charge >= 0.3 is 6.03 Å². The summed E-state index contributed by atoms with van der Waals surface area (Å²) in [6, 6.07) is 4.23. The molecule has 19 heavy (non-hydrogen) atoms. The van der Waals surface area contributed by atoms with Crippen molar-refractivity contribution in [2.24, 2.45) is 5.73 Å². The van der Waals surface area contributed by atoms with Crippen LogP contribution in [0.3, 0.4) is 0 Å². The Kier molecular flexibility index (Phi) is 5.85. The Balaban J connectivity index is 3.29. The highest BCUT2D eigenvalue weighted by Gasteiger charge is 2.25. The lowest BCUT2D eigenvalue weighted by Gasteiger charge is -2.30. The second-order valence-electron chi connectivity index (χ2n) is 3.70. The minimum atomic E-state index is -0.716. The predicted molar refractivity (Wildman–Crippen MR) is 84.0 cm³/mol. The van der Waals surface area contributed by atoms with Gasteiger partial charge in [0.05, 0.1) is 15.7 Å². The lowest BCUT2D eigenvalue weighted by atomic mass is 10.3. The molecule has 0 unspecified atom stereocenters. The zero-order valence-corrected chi connectivity index (χ0v) is 13.0. The third kappa shape index (κ3) is 3.49. The molecule has 0 saturated carbocycles.